The van der Waals surface area contributed by atoms with Gasteiger partial charge in [0.05, 0.1) is 5.56 Å². The number of rotatable bonds is 6. The van der Waals surface area contributed by atoms with E-state index in [9.17, 15) is 4.39 Å². The SMILES string of the molecule is CCC(NCc1cccc(/C(N)=N/O)c1F)C(C)C. The summed E-state index contributed by atoms with van der Waals surface area (Å²) in [7, 11) is 0. The highest BCUT2D eigenvalue weighted by Gasteiger charge is 2.14. The second-order valence-electron chi connectivity index (χ2n) is 4.90. The van der Waals surface area contributed by atoms with Crippen LogP contribution in [0.5, 0.6) is 0 Å². The van der Waals surface area contributed by atoms with E-state index in [1.165, 1.54) is 6.07 Å². The van der Waals surface area contributed by atoms with E-state index in [4.69, 9.17) is 10.9 Å². The van der Waals surface area contributed by atoms with Crippen LogP contribution in [0.25, 0.3) is 0 Å². The molecule has 0 aromatic heterocycles. The molecule has 5 heteroatoms. The first-order chi connectivity index (χ1) is 9.01. The number of amidine groups is 1. The summed E-state index contributed by atoms with van der Waals surface area (Å²) in [5.74, 6) is -0.167. The van der Waals surface area contributed by atoms with Gasteiger partial charge in [-0.2, -0.15) is 0 Å². The minimum atomic E-state index is -0.441. The Kier molecular flexibility index (Phi) is 5.76. The first kappa shape index (κ1) is 15.4. The lowest BCUT2D eigenvalue weighted by Crippen LogP contribution is -2.33. The number of nitrogens with two attached hydrogens (primary N) is 1. The van der Waals surface area contributed by atoms with Crippen LogP contribution in [0.3, 0.4) is 0 Å². The maximum atomic E-state index is 14.2. The van der Waals surface area contributed by atoms with Gasteiger partial charge in [-0.1, -0.05) is 38.1 Å². The number of benzene rings is 1. The van der Waals surface area contributed by atoms with Crippen molar-refractivity contribution in [2.75, 3.05) is 0 Å². The largest absolute Gasteiger partial charge is 0.409 e. The van der Waals surface area contributed by atoms with Crippen molar-refractivity contribution in [3.05, 3.63) is 35.1 Å². The van der Waals surface area contributed by atoms with E-state index in [1.807, 2.05) is 0 Å². The van der Waals surface area contributed by atoms with Crippen LogP contribution in [-0.2, 0) is 6.54 Å². The van der Waals surface area contributed by atoms with E-state index in [0.717, 1.165) is 6.42 Å². The highest BCUT2D eigenvalue weighted by molar-refractivity contribution is 5.97. The third-order valence-corrected chi connectivity index (χ3v) is 3.26. The highest BCUT2D eigenvalue weighted by Crippen LogP contribution is 2.14. The zero-order valence-electron chi connectivity index (χ0n) is 11.7. The van der Waals surface area contributed by atoms with Crippen molar-refractivity contribution in [2.24, 2.45) is 16.8 Å². The van der Waals surface area contributed by atoms with E-state index >= 15 is 0 Å². The zero-order valence-corrected chi connectivity index (χ0v) is 11.7. The molecule has 0 spiro atoms. The van der Waals surface area contributed by atoms with Gasteiger partial charge in [-0.15, -0.1) is 0 Å². The molecule has 0 heterocycles. The molecule has 0 saturated heterocycles. The highest BCUT2D eigenvalue weighted by atomic mass is 19.1. The molecule has 1 rings (SSSR count). The van der Waals surface area contributed by atoms with E-state index < -0.39 is 5.82 Å². The van der Waals surface area contributed by atoms with Gasteiger partial charge in [0.25, 0.3) is 0 Å². The monoisotopic (exact) mass is 267 g/mol. The lowest BCUT2D eigenvalue weighted by Gasteiger charge is -2.21. The van der Waals surface area contributed by atoms with Crippen LogP contribution >= 0.6 is 0 Å². The third kappa shape index (κ3) is 3.92. The predicted octanol–water partition coefficient (Wildman–Crippen LogP) is 2.44. The maximum absolute atomic E-state index is 14.2. The molecule has 0 bridgehead atoms. The number of halogens is 1. The van der Waals surface area contributed by atoms with Gasteiger partial charge in [0, 0.05) is 18.2 Å². The van der Waals surface area contributed by atoms with E-state index in [0.29, 0.717) is 24.1 Å². The minimum Gasteiger partial charge on any atom is -0.409 e. The summed E-state index contributed by atoms with van der Waals surface area (Å²) >= 11 is 0. The Hall–Kier alpha value is -1.62. The van der Waals surface area contributed by atoms with Crippen molar-refractivity contribution in [1.29, 1.82) is 0 Å². The lowest BCUT2D eigenvalue weighted by atomic mass is 10.0. The van der Waals surface area contributed by atoms with E-state index in [1.54, 1.807) is 12.1 Å². The number of hydrogen-bond acceptors (Lipinski definition) is 3. The molecule has 106 valence electrons. The molecule has 0 aliphatic carbocycles. The van der Waals surface area contributed by atoms with Gasteiger partial charge in [-0.25, -0.2) is 4.39 Å². The summed E-state index contributed by atoms with van der Waals surface area (Å²) in [6.45, 7) is 6.78. The molecule has 0 aliphatic rings. The molecule has 1 aromatic carbocycles. The standard InChI is InChI=1S/C14H22FN3O/c1-4-12(9(2)3)17-8-10-6-5-7-11(13(10)15)14(16)18-19/h5-7,9,12,17,19H,4,8H2,1-3H3,(H2,16,18). The van der Waals surface area contributed by atoms with E-state index in [-0.39, 0.29) is 11.4 Å². The van der Waals surface area contributed by atoms with Gasteiger partial charge < -0.3 is 16.3 Å². The van der Waals surface area contributed by atoms with Crippen molar-refractivity contribution in [3.8, 4) is 0 Å². The molecule has 19 heavy (non-hydrogen) atoms. The van der Waals surface area contributed by atoms with Crippen LogP contribution in [0, 0.1) is 11.7 Å². The molecular weight excluding hydrogens is 245 g/mol. The van der Waals surface area contributed by atoms with Crippen molar-refractivity contribution < 1.29 is 9.60 Å². The molecule has 0 amide bonds. The molecule has 0 radical (unpaired) electrons. The maximum Gasteiger partial charge on any atom is 0.173 e. The number of oxime groups is 1. The molecular formula is C14H22FN3O. The second-order valence-corrected chi connectivity index (χ2v) is 4.90. The van der Waals surface area contributed by atoms with Crippen LogP contribution in [0.2, 0.25) is 0 Å². The summed E-state index contributed by atoms with van der Waals surface area (Å²) in [6.07, 6.45) is 0.985. The van der Waals surface area contributed by atoms with Crippen LogP contribution < -0.4 is 11.1 Å². The van der Waals surface area contributed by atoms with Gasteiger partial charge in [-0.3, -0.25) is 0 Å². The summed E-state index contributed by atoms with van der Waals surface area (Å²) in [4.78, 5) is 0. The summed E-state index contributed by atoms with van der Waals surface area (Å²) in [5, 5.41) is 14.8. The molecule has 1 unspecified atom stereocenters. The van der Waals surface area contributed by atoms with Gasteiger partial charge in [0.15, 0.2) is 5.84 Å². The van der Waals surface area contributed by atoms with Crippen molar-refractivity contribution in [3.63, 3.8) is 0 Å². The summed E-state index contributed by atoms with van der Waals surface area (Å²) in [6, 6.07) is 5.23. The normalized spacial score (nSPS) is 13.8. The number of nitrogens with one attached hydrogen (secondary N) is 1. The Morgan fingerprint density at radius 3 is 2.68 bits per heavy atom. The predicted molar refractivity (Wildman–Crippen MR) is 74.7 cm³/mol. The fourth-order valence-corrected chi connectivity index (χ4v) is 2.06. The quantitative estimate of drug-likeness (QED) is 0.321. The lowest BCUT2D eigenvalue weighted by molar-refractivity contribution is 0.318. The smallest absolute Gasteiger partial charge is 0.173 e. The fraction of sp³-hybridized carbons (Fsp3) is 0.500. The first-order valence-electron chi connectivity index (χ1n) is 6.49. The molecule has 0 fully saturated rings. The molecule has 4 N–H and O–H groups in total. The Bertz CT molecular complexity index is 446. The topological polar surface area (TPSA) is 70.6 Å². The Morgan fingerprint density at radius 1 is 1.47 bits per heavy atom. The van der Waals surface area contributed by atoms with Crippen molar-refractivity contribution in [1.82, 2.24) is 5.32 Å². The van der Waals surface area contributed by atoms with Crippen molar-refractivity contribution >= 4 is 5.84 Å². The van der Waals surface area contributed by atoms with Gasteiger partial charge >= 0.3 is 0 Å². The molecule has 1 aromatic rings. The van der Waals surface area contributed by atoms with Gasteiger partial charge in [0.1, 0.15) is 5.82 Å². The average molecular weight is 267 g/mol. The second kappa shape index (κ2) is 7.09. The van der Waals surface area contributed by atoms with Crippen LogP contribution in [0.1, 0.15) is 38.3 Å². The third-order valence-electron chi connectivity index (χ3n) is 3.26. The first-order valence-corrected chi connectivity index (χ1v) is 6.49. The summed E-state index contributed by atoms with van der Waals surface area (Å²) in [5.41, 5.74) is 6.08. The fourth-order valence-electron chi connectivity index (χ4n) is 2.06. The molecule has 0 saturated carbocycles. The number of hydrogen-bond donors (Lipinski definition) is 3. The van der Waals surface area contributed by atoms with E-state index in [2.05, 4.69) is 31.2 Å². The molecule has 0 aliphatic heterocycles. The van der Waals surface area contributed by atoms with Crippen LogP contribution in [0.15, 0.2) is 23.4 Å². The zero-order chi connectivity index (χ0) is 14.4. The average Bonchev–Trinajstić information content (AvgIpc) is 2.40. The van der Waals surface area contributed by atoms with Crippen LogP contribution in [-0.4, -0.2) is 17.1 Å². The Labute approximate surface area is 113 Å². The Balaban J connectivity index is 2.85. The van der Waals surface area contributed by atoms with Crippen molar-refractivity contribution in [2.45, 2.75) is 39.8 Å². The Morgan fingerprint density at radius 2 is 2.16 bits per heavy atom. The minimum absolute atomic E-state index is 0.124. The molecule has 1 atom stereocenters. The summed E-state index contributed by atoms with van der Waals surface area (Å²) < 4.78 is 14.2. The van der Waals surface area contributed by atoms with Gasteiger partial charge in [-0.05, 0) is 18.4 Å². The van der Waals surface area contributed by atoms with Crippen LogP contribution in [0.4, 0.5) is 4.39 Å². The molecule has 4 nitrogen and oxygen atoms in total. The number of nitrogens with zero attached hydrogens (tertiary/aromatic N) is 1. The van der Waals surface area contributed by atoms with Gasteiger partial charge in [0.2, 0.25) is 0 Å².